The second-order valence-electron chi connectivity index (χ2n) is 9.37. The Labute approximate surface area is 212 Å². The maximum atomic E-state index is 2.48. The number of hydrogen-bond donors (Lipinski definition) is 0. The van der Waals surface area contributed by atoms with Crippen LogP contribution in [0, 0.1) is 0 Å². The van der Waals surface area contributed by atoms with E-state index in [0.717, 1.165) is 0 Å². The van der Waals surface area contributed by atoms with Gasteiger partial charge in [-0.05, 0) is 46.2 Å². The van der Waals surface area contributed by atoms with Gasteiger partial charge >= 0.3 is 0 Å². The molecule has 0 aliphatic rings. The quantitative estimate of drug-likeness (QED) is 0.234. The van der Waals surface area contributed by atoms with Crippen LogP contribution in [0.25, 0.3) is 69.6 Å². The Morgan fingerprint density at radius 1 is 0.472 bits per heavy atom. The second-order valence-corrected chi connectivity index (χ2v) is 10.4. The Bertz CT molecular complexity index is 2080. The maximum Gasteiger partial charge on any atom is 0.0719 e. The topological polar surface area (TPSA) is 4.93 Å². The van der Waals surface area contributed by atoms with Crippen LogP contribution >= 0.6 is 11.3 Å². The van der Waals surface area contributed by atoms with Crippen LogP contribution in [0.3, 0.4) is 0 Å². The summed E-state index contributed by atoms with van der Waals surface area (Å²) in [6.45, 7) is 0. The molecular formula is C34H21NS. The van der Waals surface area contributed by atoms with Gasteiger partial charge in [-0.3, -0.25) is 0 Å². The summed E-state index contributed by atoms with van der Waals surface area (Å²) in [5, 5.41) is 7.89. The predicted octanol–water partition coefficient (Wildman–Crippen LogP) is 9.97. The Kier molecular flexibility index (Phi) is 4.16. The Morgan fingerprint density at radius 3 is 2.03 bits per heavy atom. The van der Waals surface area contributed by atoms with Crippen LogP contribution in [0.1, 0.15) is 0 Å². The van der Waals surface area contributed by atoms with Crippen LogP contribution < -0.4 is 0 Å². The van der Waals surface area contributed by atoms with Crippen molar-refractivity contribution in [3.63, 3.8) is 0 Å². The first-order valence-electron chi connectivity index (χ1n) is 12.3. The Hall–Kier alpha value is -4.40. The lowest BCUT2D eigenvalue weighted by atomic mass is 10.0. The fourth-order valence-electron chi connectivity index (χ4n) is 5.75. The van der Waals surface area contributed by atoms with Crippen molar-refractivity contribution in [2.24, 2.45) is 0 Å². The third-order valence-electron chi connectivity index (χ3n) is 7.39. The fourth-order valence-corrected chi connectivity index (χ4v) is 6.99. The first-order valence-corrected chi connectivity index (χ1v) is 13.1. The van der Waals surface area contributed by atoms with E-state index in [0.29, 0.717) is 0 Å². The Morgan fingerprint density at radius 2 is 1.17 bits per heavy atom. The molecule has 0 atom stereocenters. The molecule has 168 valence electrons. The highest BCUT2D eigenvalue weighted by Gasteiger charge is 2.19. The molecule has 0 aliphatic carbocycles. The molecule has 8 aromatic rings. The van der Waals surface area contributed by atoms with Crippen LogP contribution in [-0.2, 0) is 0 Å². The highest BCUT2D eigenvalue weighted by Crippen LogP contribution is 2.44. The van der Waals surface area contributed by atoms with Gasteiger partial charge in [0.2, 0.25) is 0 Å². The molecule has 6 aromatic carbocycles. The van der Waals surface area contributed by atoms with Crippen molar-refractivity contribution in [2.45, 2.75) is 0 Å². The van der Waals surface area contributed by atoms with E-state index in [1.807, 2.05) is 11.3 Å². The van der Waals surface area contributed by atoms with Crippen LogP contribution in [0.15, 0.2) is 127 Å². The monoisotopic (exact) mass is 475 g/mol. The van der Waals surface area contributed by atoms with Gasteiger partial charge in [-0.15, -0.1) is 11.3 Å². The summed E-state index contributed by atoms with van der Waals surface area (Å²) in [4.78, 5) is 0. The van der Waals surface area contributed by atoms with E-state index in [1.165, 1.54) is 69.6 Å². The molecule has 8 rings (SSSR count). The minimum Gasteiger partial charge on any atom is -0.308 e. The van der Waals surface area contributed by atoms with Gasteiger partial charge in [0.05, 0.1) is 15.7 Å². The van der Waals surface area contributed by atoms with Crippen LogP contribution in [-0.4, -0.2) is 4.57 Å². The lowest BCUT2D eigenvalue weighted by molar-refractivity contribution is 1.19. The molecule has 0 radical (unpaired) electrons. The summed E-state index contributed by atoms with van der Waals surface area (Å²) in [7, 11) is 0. The van der Waals surface area contributed by atoms with E-state index >= 15 is 0 Å². The molecule has 0 aliphatic heterocycles. The molecule has 0 saturated heterocycles. The van der Waals surface area contributed by atoms with Gasteiger partial charge in [0, 0.05) is 31.9 Å². The number of hydrogen-bond acceptors (Lipinski definition) is 1. The van der Waals surface area contributed by atoms with Gasteiger partial charge in [0.25, 0.3) is 0 Å². The molecule has 2 heteroatoms. The second kappa shape index (κ2) is 7.55. The summed E-state index contributed by atoms with van der Waals surface area (Å²) < 4.78 is 5.16. The normalized spacial score (nSPS) is 11.9. The molecule has 1 nitrogen and oxygen atoms in total. The first kappa shape index (κ1) is 19.9. The lowest BCUT2D eigenvalue weighted by Crippen LogP contribution is -1.94. The van der Waals surface area contributed by atoms with E-state index in [1.54, 1.807) is 0 Å². The Balaban J connectivity index is 1.52. The van der Waals surface area contributed by atoms with Gasteiger partial charge in [-0.25, -0.2) is 0 Å². The number of thiophene rings is 1. The fraction of sp³-hybridized carbons (Fsp3) is 0. The lowest BCUT2D eigenvalue weighted by Gasteiger charge is -2.10. The highest BCUT2D eigenvalue weighted by molar-refractivity contribution is 7.26. The summed E-state index contributed by atoms with van der Waals surface area (Å²) in [6.07, 6.45) is 0. The standard InChI is InChI=1S/C34H21NS/c1-2-8-22(9-3-1)23-14-17-25(18-15-23)35-30-21-16-24-10-4-5-11-26(24)32(30)29-20-19-28-27-12-6-7-13-31(27)36-34(28)33(29)35/h1-21H. The molecule has 0 N–H and O–H groups in total. The molecule has 0 saturated carbocycles. The van der Waals surface area contributed by atoms with E-state index in [4.69, 9.17) is 0 Å². The van der Waals surface area contributed by atoms with E-state index in [9.17, 15) is 0 Å². The zero-order valence-electron chi connectivity index (χ0n) is 19.5. The molecule has 0 fully saturated rings. The maximum absolute atomic E-state index is 2.48. The van der Waals surface area contributed by atoms with Crippen LogP contribution in [0.4, 0.5) is 0 Å². The number of nitrogens with zero attached hydrogens (tertiary/aromatic N) is 1. The van der Waals surface area contributed by atoms with Crippen LogP contribution in [0.2, 0.25) is 0 Å². The molecular weight excluding hydrogens is 454 g/mol. The van der Waals surface area contributed by atoms with E-state index in [2.05, 4.69) is 132 Å². The smallest absolute Gasteiger partial charge is 0.0719 e. The SMILES string of the molecule is c1ccc(-c2ccc(-n3c4ccc5ccccc5c4c4ccc5c6ccccc6sc5c43)cc2)cc1. The minimum atomic E-state index is 1.19. The molecule has 0 amide bonds. The molecule has 0 spiro atoms. The van der Waals surface area contributed by atoms with Crippen molar-refractivity contribution in [1.82, 2.24) is 4.57 Å². The average molecular weight is 476 g/mol. The van der Waals surface area contributed by atoms with Crippen molar-refractivity contribution < 1.29 is 0 Å². The van der Waals surface area contributed by atoms with Crippen molar-refractivity contribution >= 4 is 64.1 Å². The summed E-state index contributed by atoms with van der Waals surface area (Å²) >= 11 is 1.90. The van der Waals surface area contributed by atoms with Crippen molar-refractivity contribution in [3.05, 3.63) is 127 Å². The average Bonchev–Trinajstić information content (AvgIpc) is 3.50. The van der Waals surface area contributed by atoms with E-state index in [-0.39, 0.29) is 0 Å². The number of fused-ring (bicyclic) bond motifs is 9. The van der Waals surface area contributed by atoms with Gasteiger partial charge in [-0.2, -0.15) is 0 Å². The third-order valence-corrected chi connectivity index (χ3v) is 8.59. The first-order chi connectivity index (χ1) is 17.9. The zero-order valence-corrected chi connectivity index (χ0v) is 20.3. The summed E-state index contributed by atoms with van der Waals surface area (Å²) in [5.74, 6) is 0. The molecule has 2 aromatic heterocycles. The minimum absolute atomic E-state index is 1.19. The number of aromatic nitrogens is 1. The summed E-state index contributed by atoms with van der Waals surface area (Å²) in [6, 6.07) is 46.3. The highest BCUT2D eigenvalue weighted by atomic mass is 32.1. The zero-order chi connectivity index (χ0) is 23.6. The van der Waals surface area contributed by atoms with Gasteiger partial charge in [0.15, 0.2) is 0 Å². The number of benzene rings is 6. The third kappa shape index (κ3) is 2.76. The molecule has 0 unspecified atom stereocenters. The molecule has 36 heavy (non-hydrogen) atoms. The predicted molar refractivity (Wildman–Crippen MR) is 157 cm³/mol. The van der Waals surface area contributed by atoms with Gasteiger partial charge < -0.3 is 4.57 Å². The van der Waals surface area contributed by atoms with Crippen LogP contribution in [0.5, 0.6) is 0 Å². The molecule has 2 heterocycles. The van der Waals surface area contributed by atoms with Crippen molar-refractivity contribution in [3.8, 4) is 16.8 Å². The van der Waals surface area contributed by atoms with E-state index < -0.39 is 0 Å². The van der Waals surface area contributed by atoms with Gasteiger partial charge in [-0.1, -0.05) is 103 Å². The van der Waals surface area contributed by atoms with Gasteiger partial charge in [0.1, 0.15) is 0 Å². The largest absolute Gasteiger partial charge is 0.308 e. The van der Waals surface area contributed by atoms with Crippen molar-refractivity contribution in [2.75, 3.05) is 0 Å². The summed E-state index contributed by atoms with van der Waals surface area (Å²) in [5.41, 5.74) is 6.21. The number of rotatable bonds is 2. The molecule has 0 bridgehead atoms. The van der Waals surface area contributed by atoms with Crippen molar-refractivity contribution in [1.29, 1.82) is 0 Å².